The zero-order valence-electron chi connectivity index (χ0n) is 9.54. The highest BCUT2D eigenvalue weighted by Gasteiger charge is 2.68. The van der Waals surface area contributed by atoms with Crippen molar-refractivity contribution in [2.45, 2.75) is 63.5 Å². The molecule has 3 rings (SSSR count). The van der Waals surface area contributed by atoms with Crippen LogP contribution in [0.4, 0.5) is 0 Å². The number of hydrogen-bond donors (Lipinski definition) is 0. The van der Waals surface area contributed by atoms with E-state index in [-0.39, 0.29) is 0 Å². The fraction of sp³-hybridized carbons (Fsp3) is 0.846. The van der Waals surface area contributed by atoms with Gasteiger partial charge in [-0.25, -0.2) is 0 Å². The maximum absolute atomic E-state index is 11.6. The Balaban J connectivity index is 1.80. The van der Waals surface area contributed by atoms with Gasteiger partial charge in [0.1, 0.15) is 0 Å². The molecule has 3 unspecified atom stereocenters. The van der Waals surface area contributed by atoms with Gasteiger partial charge in [0.05, 0.1) is 11.6 Å². The number of rotatable bonds is 1. The summed E-state index contributed by atoms with van der Waals surface area (Å²) < 4.78 is 0. The van der Waals surface area contributed by atoms with E-state index in [1.165, 1.54) is 44.9 Å². The molecule has 3 atom stereocenters. The topological polar surface area (TPSA) is 20.1 Å². The number of nitrogens with zero attached hydrogens (tertiary/aromatic N) is 1. The molecule has 0 aromatic rings. The summed E-state index contributed by atoms with van der Waals surface area (Å²) in [6, 6.07) is 0.617. The molecule has 0 aromatic carbocycles. The van der Waals surface area contributed by atoms with E-state index in [4.69, 9.17) is 0 Å². The fourth-order valence-electron chi connectivity index (χ4n) is 4.24. The molecule has 2 nitrogen and oxygen atoms in total. The van der Waals surface area contributed by atoms with Crippen molar-refractivity contribution in [2.75, 3.05) is 0 Å². The third-order valence-electron chi connectivity index (χ3n) is 4.78. The minimum Gasteiger partial charge on any atom is -0.330 e. The second-order valence-electron chi connectivity index (χ2n) is 5.44. The first kappa shape index (κ1) is 9.68. The van der Waals surface area contributed by atoms with Crippen LogP contribution < -0.4 is 0 Å². The van der Waals surface area contributed by atoms with Crippen molar-refractivity contribution in [1.82, 2.24) is 4.90 Å². The highest BCUT2D eigenvalue weighted by atomic mass is 16.2. The Morgan fingerprint density at radius 1 is 1.40 bits per heavy atom. The molecule has 0 aromatic heterocycles. The van der Waals surface area contributed by atoms with Gasteiger partial charge in [0, 0.05) is 6.92 Å². The van der Waals surface area contributed by atoms with Crippen molar-refractivity contribution in [2.24, 2.45) is 5.92 Å². The molecule has 3 fully saturated rings. The van der Waals surface area contributed by atoms with Crippen LogP contribution in [0.15, 0.2) is 0 Å². The molecule has 83 valence electrons. The molecule has 1 amide bonds. The minimum atomic E-state index is 0.310. The molecule has 2 aliphatic carbocycles. The summed E-state index contributed by atoms with van der Waals surface area (Å²) in [5, 5.41) is 0. The lowest BCUT2D eigenvalue weighted by Crippen LogP contribution is -2.32. The van der Waals surface area contributed by atoms with Crippen LogP contribution in [0.2, 0.25) is 0 Å². The summed E-state index contributed by atoms with van der Waals surface area (Å²) in [6.45, 7) is 1.74. The van der Waals surface area contributed by atoms with Gasteiger partial charge in [-0.15, -0.1) is 0 Å². The Bertz CT molecular complexity index is 282. The maximum Gasteiger partial charge on any atom is 0.220 e. The monoisotopic (exact) mass is 206 g/mol. The van der Waals surface area contributed by atoms with Crippen molar-refractivity contribution in [1.29, 1.82) is 0 Å². The third-order valence-corrected chi connectivity index (χ3v) is 4.78. The van der Waals surface area contributed by atoms with Gasteiger partial charge in [-0.05, 0) is 44.4 Å². The quantitative estimate of drug-likeness (QED) is 0.604. The summed E-state index contributed by atoms with van der Waals surface area (Å²) in [4.78, 5) is 13.8. The van der Waals surface area contributed by atoms with Gasteiger partial charge in [-0.3, -0.25) is 4.79 Å². The highest BCUT2D eigenvalue weighted by molar-refractivity contribution is 5.79. The number of fused-ring (bicyclic) bond motifs is 1. The molecule has 3 aliphatic rings. The van der Waals surface area contributed by atoms with Crippen LogP contribution in [0.3, 0.4) is 0 Å². The van der Waals surface area contributed by atoms with Crippen LogP contribution >= 0.6 is 0 Å². The SMILES string of the molecule is CC(=O)N1C2CCCC21C1C[CH]CCC1. The standard InChI is InChI=1S/C13H20NO/c1-10(15)14-12-8-5-9-13(12,14)11-6-3-2-4-7-11/h3,11-12H,2,4-9H2,1H3. The van der Waals surface area contributed by atoms with Crippen molar-refractivity contribution >= 4 is 5.91 Å². The van der Waals surface area contributed by atoms with E-state index in [1.54, 1.807) is 6.92 Å². The fourth-order valence-corrected chi connectivity index (χ4v) is 4.24. The van der Waals surface area contributed by atoms with E-state index in [9.17, 15) is 4.79 Å². The van der Waals surface area contributed by atoms with Crippen LogP contribution in [-0.2, 0) is 4.79 Å². The van der Waals surface area contributed by atoms with Crippen molar-refractivity contribution in [3.8, 4) is 0 Å². The average molecular weight is 206 g/mol. The lowest BCUT2D eigenvalue weighted by Gasteiger charge is -2.29. The number of carbonyl (C=O) groups is 1. The third kappa shape index (κ3) is 1.20. The molecular formula is C13H20NO. The molecule has 15 heavy (non-hydrogen) atoms. The molecule has 1 heterocycles. The molecule has 2 saturated carbocycles. The van der Waals surface area contributed by atoms with Gasteiger partial charge >= 0.3 is 0 Å². The van der Waals surface area contributed by atoms with Crippen molar-refractivity contribution < 1.29 is 4.79 Å². The first-order valence-electron chi connectivity index (χ1n) is 6.38. The average Bonchev–Trinajstić information content (AvgIpc) is 2.72. The summed E-state index contributed by atoms with van der Waals surface area (Å²) in [5.74, 6) is 1.09. The molecule has 0 spiro atoms. The van der Waals surface area contributed by atoms with E-state index in [0.717, 1.165) is 5.92 Å². The maximum atomic E-state index is 11.6. The second kappa shape index (κ2) is 3.23. The van der Waals surface area contributed by atoms with Crippen LogP contribution in [0.5, 0.6) is 0 Å². The van der Waals surface area contributed by atoms with Crippen molar-refractivity contribution in [3.63, 3.8) is 0 Å². The summed E-state index contributed by atoms with van der Waals surface area (Å²) in [7, 11) is 0. The normalized spacial score (nSPS) is 40.3. The Morgan fingerprint density at radius 3 is 2.87 bits per heavy atom. The van der Waals surface area contributed by atoms with Crippen molar-refractivity contribution in [3.05, 3.63) is 6.42 Å². The predicted octanol–water partition coefficient (Wildman–Crippen LogP) is 2.53. The number of piperidine rings is 1. The Morgan fingerprint density at radius 2 is 2.27 bits per heavy atom. The lowest BCUT2D eigenvalue weighted by atomic mass is 9.78. The molecule has 0 N–H and O–H groups in total. The summed E-state index contributed by atoms with van der Waals surface area (Å²) in [6.07, 6.45) is 11.5. The van der Waals surface area contributed by atoms with E-state index in [2.05, 4.69) is 11.3 Å². The van der Waals surface area contributed by atoms with Gasteiger partial charge in [0.25, 0.3) is 0 Å². The van der Waals surface area contributed by atoms with E-state index in [1.807, 2.05) is 0 Å². The molecule has 0 bridgehead atoms. The number of carbonyl (C=O) groups excluding carboxylic acids is 1. The van der Waals surface area contributed by atoms with Gasteiger partial charge in [-0.1, -0.05) is 12.8 Å². The minimum absolute atomic E-state index is 0.310. The van der Waals surface area contributed by atoms with E-state index >= 15 is 0 Å². The summed E-state index contributed by atoms with van der Waals surface area (Å²) in [5.41, 5.74) is 0.322. The number of likely N-dealkylation sites (tertiary alicyclic amines) is 1. The highest BCUT2D eigenvalue weighted by Crippen LogP contribution is 2.60. The zero-order chi connectivity index (χ0) is 10.5. The number of hydrogen-bond acceptors (Lipinski definition) is 1. The van der Waals surface area contributed by atoms with Crippen LogP contribution in [-0.4, -0.2) is 22.4 Å². The first-order valence-corrected chi connectivity index (χ1v) is 6.38. The van der Waals surface area contributed by atoms with E-state index < -0.39 is 0 Å². The molecule has 1 aliphatic heterocycles. The Labute approximate surface area is 92.0 Å². The molecule has 1 saturated heterocycles. The van der Waals surface area contributed by atoms with E-state index in [0.29, 0.717) is 17.5 Å². The van der Waals surface area contributed by atoms with Gasteiger partial charge < -0.3 is 4.90 Å². The second-order valence-corrected chi connectivity index (χ2v) is 5.44. The Kier molecular flexibility index (Phi) is 2.08. The predicted molar refractivity (Wildman–Crippen MR) is 59.1 cm³/mol. The van der Waals surface area contributed by atoms with Crippen LogP contribution in [0.1, 0.15) is 51.9 Å². The summed E-state index contributed by atoms with van der Waals surface area (Å²) >= 11 is 0. The lowest BCUT2D eigenvalue weighted by molar-refractivity contribution is -0.126. The molecule has 1 radical (unpaired) electrons. The smallest absolute Gasteiger partial charge is 0.220 e. The zero-order valence-corrected chi connectivity index (χ0v) is 9.54. The first-order chi connectivity index (χ1) is 7.27. The Hall–Kier alpha value is -0.530. The van der Waals surface area contributed by atoms with Gasteiger partial charge in [0.2, 0.25) is 5.91 Å². The molecular weight excluding hydrogens is 186 g/mol. The molecule has 2 heteroatoms. The van der Waals surface area contributed by atoms with Crippen LogP contribution in [0, 0.1) is 12.3 Å². The largest absolute Gasteiger partial charge is 0.330 e. The van der Waals surface area contributed by atoms with Gasteiger partial charge in [0.15, 0.2) is 0 Å². The number of amides is 1. The van der Waals surface area contributed by atoms with Crippen LogP contribution in [0.25, 0.3) is 0 Å². The van der Waals surface area contributed by atoms with Gasteiger partial charge in [-0.2, -0.15) is 0 Å².